The second kappa shape index (κ2) is 8.81. The molecule has 5 aliphatic carbocycles. The number of carboxylic acids is 1. The van der Waals surface area contributed by atoms with Crippen LogP contribution in [0.1, 0.15) is 115 Å². The number of hydrogen-bond acceptors (Lipinski definition) is 3. The molecule has 0 spiro atoms. The monoisotopic (exact) mass is 550 g/mol. The quantitative estimate of drug-likeness (QED) is 0.368. The van der Waals surface area contributed by atoms with Gasteiger partial charge in [0.15, 0.2) is 0 Å². The second-order valence-electron chi connectivity index (χ2n) is 15.8. The Labute approximate surface area is 240 Å². The van der Waals surface area contributed by atoms with Crippen LogP contribution in [0, 0.1) is 56.7 Å². The maximum absolute atomic E-state index is 11.6. The molecule has 1 aromatic rings. The van der Waals surface area contributed by atoms with Gasteiger partial charge < -0.3 is 10.2 Å². The maximum Gasteiger partial charge on any atom is 0.345 e. The first-order valence-corrected chi connectivity index (χ1v) is 16.4. The lowest BCUT2D eigenvalue weighted by Gasteiger charge is -2.72. The Bertz CT molecular complexity index is 1220. The van der Waals surface area contributed by atoms with Crippen molar-refractivity contribution in [1.29, 1.82) is 0 Å². The van der Waals surface area contributed by atoms with E-state index in [4.69, 9.17) is 0 Å². The minimum absolute atomic E-state index is 0.0119. The first-order chi connectivity index (χ1) is 18.2. The van der Waals surface area contributed by atoms with Gasteiger partial charge in [0.2, 0.25) is 0 Å². The summed E-state index contributed by atoms with van der Waals surface area (Å²) >= 11 is 1.36. The van der Waals surface area contributed by atoms with Crippen molar-refractivity contribution in [1.82, 2.24) is 0 Å². The van der Waals surface area contributed by atoms with E-state index in [0.717, 1.165) is 12.0 Å². The molecule has 4 heteroatoms. The van der Waals surface area contributed by atoms with Crippen LogP contribution in [0.3, 0.4) is 0 Å². The number of thiophene rings is 1. The molecule has 0 saturated heterocycles. The number of carboxylic acid groups (broad SMARTS) is 1. The van der Waals surface area contributed by atoms with Crippen LogP contribution in [-0.2, 0) is 0 Å². The van der Waals surface area contributed by atoms with Crippen molar-refractivity contribution in [3.63, 3.8) is 0 Å². The molecule has 2 N–H and O–H groups in total. The topological polar surface area (TPSA) is 57.5 Å². The number of fused-ring (bicyclic) bond motifs is 7. The molecule has 6 rings (SSSR count). The van der Waals surface area contributed by atoms with Crippen molar-refractivity contribution in [2.45, 2.75) is 99.3 Å². The summed E-state index contributed by atoms with van der Waals surface area (Å²) in [6.45, 7) is 19.9. The molecule has 0 bridgehead atoms. The summed E-state index contributed by atoms with van der Waals surface area (Å²) in [6, 6.07) is 1.90. The Morgan fingerprint density at radius 2 is 1.74 bits per heavy atom. The Kier molecular flexibility index (Phi) is 6.27. The number of aliphatic hydroxyl groups excluding tert-OH is 1. The van der Waals surface area contributed by atoms with Crippen LogP contribution in [0.15, 0.2) is 29.7 Å². The molecule has 1 aromatic heterocycles. The number of rotatable bonds is 4. The van der Waals surface area contributed by atoms with E-state index in [1.807, 2.05) is 6.07 Å². The minimum atomic E-state index is -0.822. The fourth-order valence-corrected chi connectivity index (χ4v) is 13.0. The summed E-state index contributed by atoms with van der Waals surface area (Å²) in [5.41, 5.74) is 4.78. The van der Waals surface area contributed by atoms with Crippen molar-refractivity contribution in [2.75, 3.05) is 6.61 Å². The molecule has 4 fully saturated rings. The van der Waals surface area contributed by atoms with Crippen LogP contribution >= 0.6 is 11.3 Å². The standard InChI is InChI=1S/C35H50O3S/c1-21(2)23-10-15-35(20-36)17-16-33(6)25(29(23)35)8-9-28-32(5)13-11-24(22-18-26(30(37)38)39-19-22)31(3,4)27(32)12-14-34(28,33)7/h11,18-19,23,25,27-29,36H,1,8-10,12-17,20H2,2-7H3,(H,37,38)/t23-,25?,27-,28+,29+,32-,33+,34+,35+/m0/s1. The minimum Gasteiger partial charge on any atom is -0.477 e. The van der Waals surface area contributed by atoms with Gasteiger partial charge in [-0.2, -0.15) is 0 Å². The molecule has 39 heavy (non-hydrogen) atoms. The molecule has 1 unspecified atom stereocenters. The van der Waals surface area contributed by atoms with Crippen molar-refractivity contribution in [3.05, 3.63) is 40.1 Å². The van der Waals surface area contributed by atoms with E-state index < -0.39 is 5.97 Å². The summed E-state index contributed by atoms with van der Waals surface area (Å²) in [5.74, 6) is 2.27. The zero-order valence-corrected chi connectivity index (χ0v) is 25.9. The van der Waals surface area contributed by atoms with Gasteiger partial charge in [0.1, 0.15) is 4.88 Å². The van der Waals surface area contributed by atoms with Gasteiger partial charge in [-0.15, -0.1) is 11.3 Å². The van der Waals surface area contributed by atoms with E-state index in [1.165, 1.54) is 73.8 Å². The van der Waals surface area contributed by atoms with Crippen molar-refractivity contribution in [2.24, 2.45) is 56.7 Å². The summed E-state index contributed by atoms with van der Waals surface area (Å²) in [4.78, 5) is 12.1. The summed E-state index contributed by atoms with van der Waals surface area (Å²) in [6.07, 6.45) is 13.5. The molecule has 4 saturated carbocycles. The zero-order valence-electron chi connectivity index (χ0n) is 25.1. The Hall–Kier alpha value is -1.39. The number of hydrogen-bond donors (Lipinski definition) is 2. The van der Waals surface area contributed by atoms with Crippen molar-refractivity contribution in [3.8, 4) is 0 Å². The van der Waals surface area contributed by atoms with E-state index in [1.54, 1.807) is 0 Å². The molecule has 0 amide bonds. The predicted octanol–water partition coefficient (Wildman–Crippen LogP) is 9.09. The highest BCUT2D eigenvalue weighted by atomic mass is 32.1. The number of allylic oxidation sites excluding steroid dienone is 3. The molecule has 1 heterocycles. The van der Waals surface area contributed by atoms with Gasteiger partial charge in [0.05, 0.1) is 0 Å². The molecule has 5 aliphatic rings. The predicted molar refractivity (Wildman–Crippen MR) is 161 cm³/mol. The van der Waals surface area contributed by atoms with Crippen molar-refractivity contribution < 1.29 is 15.0 Å². The molecule has 214 valence electrons. The van der Waals surface area contributed by atoms with Gasteiger partial charge in [-0.25, -0.2) is 4.79 Å². The maximum atomic E-state index is 11.6. The first-order valence-electron chi connectivity index (χ1n) is 15.5. The molecular formula is C35H50O3S. The third-order valence-electron chi connectivity index (χ3n) is 14.3. The van der Waals surface area contributed by atoms with Crippen LogP contribution in [-0.4, -0.2) is 22.8 Å². The van der Waals surface area contributed by atoms with Gasteiger partial charge in [-0.3, -0.25) is 0 Å². The zero-order chi connectivity index (χ0) is 28.2. The van der Waals surface area contributed by atoms with Crippen LogP contribution < -0.4 is 0 Å². The number of aromatic carboxylic acids is 1. The van der Waals surface area contributed by atoms with E-state index in [2.05, 4.69) is 59.6 Å². The number of carbonyl (C=O) groups is 1. The Balaban J connectivity index is 1.37. The van der Waals surface area contributed by atoms with Gasteiger partial charge in [0, 0.05) is 6.61 Å². The Morgan fingerprint density at radius 3 is 2.38 bits per heavy atom. The summed E-state index contributed by atoms with van der Waals surface area (Å²) < 4.78 is 0. The normalized spacial score (nSPS) is 46.3. The molecular weight excluding hydrogens is 500 g/mol. The molecule has 0 aliphatic heterocycles. The van der Waals surface area contributed by atoms with Gasteiger partial charge >= 0.3 is 5.97 Å². The van der Waals surface area contributed by atoms with Crippen LogP contribution in [0.2, 0.25) is 0 Å². The van der Waals surface area contributed by atoms with E-state index in [9.17, 15) is 15.0 Å². The lowest BCUT2D eigenvalue weighted by atomic mass is 9.32. The fraction of sp³-hybridized carbons (Fsp3) is 0.743. The molecule has 3 nitrogen and oxygen atoms in total. The first kappa shape index (κ1) is 27.8. The average molecular weight is 551 g/mol. The molecule has 9 atom stereocenters. The highest BCUT2D eigenvalue weighted by Crippen LogP contribution is 2.77. The molecule has 0 radical (unpaired) electrons. The second-order valence-corrected chi connectivity index (χ2v) is 16.7. The van der Waals surface area contributed by atoms with Crippen LogP contribution in [0.25, 0.3) is 5.57 Å². The molecule has 0 aromatic carbocycles. The number of aliphatic hydroxyl groups is 1. The highest BCUT2D eigenvalue weighted by Gasteiger charge is 2.70. The van der Waals surface area contributed by atoms with Crippen LogP contribution in [0.4, 0.5) is 0 Å². The lowest BCUT2D eigenvalue weighted by Crippen LogP contribution is -2.65. The van der Waals surface area contributed by atoms with E-state index >= 15 is 0 Å². The summed E-state index contributed by atoms with van der Waals surface area (Å²) in [5, 5.41) is 22.4. The Morgan fingerprint density at radius 1 is 1.00 bits per heavy atom. The van der Waals surface area contributed by atoms with Crippen molar-refractivity contribution >= 4 is 22.9 Å². The van der Waals surface area contributed by atoms with Gasteiger partial charge in [0.25, 0.3) is 0 Å². The van der Waals surface area contributed by atoms with E-state index in [0.29, 0.717) is 51.9 Å². The summed E-state index contributed by atoms with van der Waals surface area (Å²) in [7, 11) is 0. The third kappa shape index (κ3) is 3.52. The largest absolute Gasteiger partial charge is 0.477 e. The third-order valence-corrected chi connectivity index (χ3v) is 15.2. The highest BCUT2D eigenvalue weighted by molar-refractivity contribution is 7.12. The van der Waals surface area contributed by atoms with Gasteiger partial charge in [-0.1, -0.05) is 52.8 Å². The lowest BCUT2D eigenvalue weighted by molar-refractivity contribution is -0.228. The average Bonchev–Trinajstić information content (AvgIpc) is 3.50. The van der Waals surface area contributed by atoms with E-state index in [-0.39, 0.29) is 16.2 Å². The smallest absolute Gasteiger partial charge is 0.345 e. The van der Waals surface area contributed by atoms with Gasteiger partial charge in [-0.05, 0) is 144 Å². The van der Waals surface area contributed by atoms with Crippen LogP contribution in [0.5, 0.6) is 0 Å². The SMILES string of the molecule is C=C(C)[C@@H]1CC[C@]2(CO)CC[C@]3(C)C(CC[C@@H]4[C@@]5(C)CC=C(c6csc(C(=O)O)c6)C(C)(C)[C@@H]5CC[C@]43C)[C@@H]12. The fourth-order valence-electron chi connectivity index (χ4n) is 12.2.